The summed E-state index contributed by atoms with van der Waals surface area (Å²) >= 11 is 0. The van der Waals surface area contributed by atoms with E-state index in [0.29, 0.717) is 13.1 Å². The lowest BCUT2D eigenvalue weighted by molar-refractivity contribution is -0.148. The van der Waals surface area contributed by atoms with Crippen molar-refractivity contribution in [3.63, 3.8) is 0 Å². The quantitative estimate of drug-likeness (QED) is 0.0701. The SMILES string of the molecule is C.CN(C)CCNC(=O)C1C(C(=O)O)[C@H]2C=C[C@@H]1O2.CN(C)CCNC(=O)C1C(C(=O)O)[C@H]2CC[C@@H]1O2.COc1ccc(CCN2CCC(NC(=O)C3C(C(=O)O)[C@H]4C=C[C@@H]3O4)CC2)cc1.COc1ccc(CCN2CCC(NC(=O)C3C(C(=O)O)[C@H]4CC[C@@H]3O4)CC2)cc1. The summed E-state index contributed by atoms with van der Waals surface area (Å²) in [6.45, 7) is 8.22. The van der Waals surface area contributed by atoms with Crippen molar-refractivity contribution in [2.24, 2.45) is 47.3 Å². The average Bonchev–Trinajstić information content (AvgIpc) is 1.65. The molecule has 0 spiro atoms. The third-order valence-corrected chi connectivity index (χ3v) is 20.0. The first-order valence-electron chi connectivity index (χ1n) is 33.2. The van der Waals surface area contributed by atoms with Crippen LogP contribution in [0.5, 0.6) is 11.5 Å². The smallest absolute Gasteiger partial charge is 0.310 e. The van der Waals surface area contributed by atoms with Gasteiger partial charge in [-0.05, 0) is 128 Å². The Labute approximate surface area is 556 Å². The second kappa shape index (κ2) is 34.3. The van der Waals surface area contributed by atoms with E-state index in [2.05, 4.69) is 55.3 Å². The zero-order chi connectivity index (χ0) is 67.3. The molecule has 0 radical (unpaired) electrons. The van der Waals surface area contributed by atoms with Crippen molar-refractivity contribution in [3.8, 4) is 11.5 Å². The molecule has 8 fully saturated rings. The van der Waals surface area contributed by atoms with Gasteiger partial charge in [-0.15, -0.1) is 0 Å². The van der Waals surface area contributed by atoms with E-state index in [1.165, 1.54) is 11.1 Å². The number of methoxy groups -OCH3 is 2. The van der Waals surface area contributed by atoms with E-state index in [4.69, 9.17) is 33.5 Å². The normalized spacial score (nSPS) is 30.7. The number of nitrogens with one attached hydrogen (secondary N) is 4. The van der Waals surface area contributed by atoms with E-state index in [1.807, 2.05) is 68.3 Å². The van der Waals surface area contributed by atoms with Crippen LogP contribution in [0.15, 0.2) is 72.8 Å². The van der Waals surface area contributed by atoms with Crippen LogP contribution in [-0.2, 0) is 70.1 Å². The predicted molar refractivity (Wildman–Crippen MR) is 348 cm³/mol. The van der Waals surface area contributed by atoms with Gasteiger partial charge in [-0.1, -0.05) is 56.0 Å². The Morgan fingerprint density at radius 1 is 0.432 bits per heavy atom. The van der Waals surface area contributed by atoms with E-state index in [1.54, 1.807) is 32.4 Å². The molecule has 0 aliphatic carbocycles. The van der Waals surface area contributed by atoms with E-state index in [9.17, 15) is 53.7 Å². The number of likely N-dealkylation sites (N-methyl/N-ethyl adjacent to an activating group) is 2. The summed E-state index contributed by atoms with van der Waals surface area (Å²) < 4.78 is 32.7. The molecule has 4 amide bonds. The Kier molecular flexibility index (Phi) is 26.6. The van der Waals surface area contributed by atoms with Gasteiger partial charge in [0.15, 0.2) is 0 Å². The zero-order valence-corrected chi connectivity index (χ0v) is 54.8. The Balaban J connectivity index is 0.000000166. The molecule has 0 aromatic heterocycles. The van der Waals surface area contributed by atoms with Gasteiger partial charge in [-0.25, -0.2) is 0 Å². The van der Waals surface area contributed by atoms with Gasteiger partial charge in [0, 0.05) is 77.5 Å². The number of carbonyl (C=O) groups is 8. The highest BCUT2D eigenvalue weighted by molar-refractivity contribution is 5.89. The maximum absolute atomic E-state index is 12.8. The maximum atomic E-state index is 12.8. The van der Waals surface area contributed by atoms with Crippen molar-refractivity contribution >= 4 is 47.5 Å². The number of ether oxygens (including phenoxy) is 6. The summed E-state index contributed by atoms with van der Waals surface area (Å²) in [4.78, 5) is 104. The van der Waals surface area contributed by atoms with Gasteiger partial charge in [0.2, 0.25) is 23.6 Å². The Bertz CT molecular complexity index is 2990. The minimum absolute atomic E-state index is 0. The van der Waals surface area contributed by atoms with E-state index >= 15 is 0 Å². The molecule has 10 heterocycles. The first-order chi connectivity index (χ1) is 45.1. The Morgan fingerprint density at radius 3 is 1.07 bits per heavy atom. The summed E-state index contributed by atoms with van der Waals surface area (Å²) in [5.41, 5.74) is 2.57. The molecule has 524 valence electrons. The van der Waals surface area contributed by atoms with Crippen molar-refractivity contribution in [2.75, 3.05) is 108 Å². The van der Waals surface area contributed by atoms with Crippen molar-refractivity contribution in [3.05, 3.63) is 84.0 Å². The lowest BCUT2D eigenvalue weighted by Gasteiger charge is -2.33. The van der Waals surface area contributed by atoms with Crippen LogP contribution in [0.2, 0.25) is 0 Å². The molecule has 10 aliphatic rings. The largest absolute Gasteiger partial charge is 0.497 e. The van der Waals surface area contributed by atoms with Crippen LogP contribution in [0.25, 0.3) is 0 Å². The second-order valence-corrected chi connectivity index (χ2v) is 26.7. The van der Waals surface area contributed by atoms with E-state index < -0.39 is 95.6 Å². The van der Waals surface area contributed by atoms with Gasteiger partial charge < -0.3 is 89.7 Å². The molecular weight excluding hydrogens is 1230 g/mol. The molecule has 95 heavy (non-hydrogen) atoms. The van der Waals surface area contributed by atoms with E-state index in [-0.39, 0.29) is 67.6 Å². The van der Waals surface area contributed by atoms with Gasteiger partial charge in [0.25, 0.3) is 0 Å². The van der Waals surface area contributed by atoms with Gasteiger partial charge >= 0.3 is 23.9 Å². The number of benzene rings is 2. The lowest BCUT2D eigenvalue weighted by atomic mass is 9.78. The molecule has 2 aromatic carbocycles. The fourth-order valence-electron chi connectivity index (χ4n) is 14.9. The van der Waals surface area contributed by atoms with Gasteiger partial charge in [0.1, 0.15) is 23.3 Å². The van der Waals surface area contributed by atoms with Crippen LogP contribution >= 0.6 is 0 Å². The number of aliphatic carboxylic acids is 4. The van der Waals surface area contributed by atoms with Crippen LogP contribution in [-0.4, -0.2) is 256 Å². The van der Waals surface area contributed by atoms with Crippen LogP contribution in [0.1, 0.15) is 69.9 Å². The number of carbonyl (C=O) groups excluding carboxylic acids is 4. The van der Waals surface area contributed by atoms with Crippen molar-refractivity contribution < 1.29 is 87.2 Å². The molecule has 8 N–H and O–H groups in total. The summed E-state index contributed by atoms with van der Waals surface area (Å²) in [5, 5.41) is 49.1. The van der Waals surface area contributed by atoms with Crippen molar-refractivity contribution in [1.82, 2.24) is 40.9 Å². The molecule has 2 aromatic rings. The van der Waals surface area contributed by atoms with Gasteiger partial charge in [0.05, 0.1) is 98.6 Å². The highest BCUT2D eigenvalue weighted by Crippen LogP contribution is 2.46. The fourth-order valence-corrected chi connectivity index (χ4v) is 14.9. The monoisotopic (exact) mass is 1330 g/mol. The predicted octanol–water partition coefficient (Wildman–Crippen LogP) is 2.67. The number of rotatable bonds is 24. The molecule has 10 aliphatic heterocycles. The number of fused-ring (bicyclic) bond motifs is 8. The van der Waals surface area contributed by atoms with E-state index in [0.717, 1.165) is 128 Å². The number of carboxylic acids is 4. The van der Waals surface area contributed by atoms with Crippen LogP contribution in [0.4, 0.5) is 0 Å². The van der Waals surface area contributed by atoms with Crippen molar-refractivity contribution in [1.29, 1.82) is 0 Å². The average molecular weight is 1330 g/mol. The summed E-state index contributed by atoms with van der Waals surface area (Å²) in [7, 11) is 11.0. The number of nitrogens with zero attached hydrogens (tertiary/aromatic N) is 4. The lowest BCUT2D eigenvalue weighted by Crippen LogP contribution is -2.50. The number of hydrogen-bond donors (Lipinski definition) is 8. The number of likely N-dealkylation sites (tertiary alicyclic amines) is 2. The molecule has 12 rings (SSSR count). The first kappa shape index (κ1) is 73.8. The van der Waals surface area contributed by atoms with Crippen LogP contribution < -0.4 is 30.7 Å². The third-order valence-electron chi connectivity index (χ3n) is 20.0. The molecule has 8 saturated heterocycles. The molecule has 26 heteroatoms. The minimum atomic E-state index is -0.973. The maximum Gasteiger partial charge on any atom is 0.310 e. The third kappa shape index (κ3) is 18.8. The highest BCUT2D eigenvalue weighted by atomic mass is 16.5. The molecular formula is C69H100N8O18. The minimum Gasteiger partial charge on any atom is -0.497 e. The second-order valence-electron chi connectivity index (χ2n) is 26.7. The van der Waals surface area contributed by atoms with Crippen molar-refractivity contribution in [2.45, 2.75) is 133 Å². The number of piperidine rings is 2. The molecule has 16 atom stereocenters. The highest BCUT2D eigenvalue weighted by Gasteiger charge is 2.58. The standard InChI is InChI=1S/C22H30N2O5.C22H28N2O5.C12H20N2O4.C12H18N2O4.CH4/c2*1-28-16-4-2-14(3-5-16)8-11-24-12-9-15(10-13-24)23-21(25)19-17-6-7-18(29-17)20(19)22(26)27;2*1-14(2)6-5-13-11(15)9-7-3-4-8(18-7)10(9)12(16)17;/h2-5,15,17-20H,6-13H2,1H3,(H,23,25)(H,26,27);2-7,15,17-20H,8-13H2,1H3,(H,23,25)(H,26,27);7-10H,3-6H2,1-2H3,(H,13,15)(H,16,17);3-4,7-10H,5-6H2,1-2H3,(H,13,15)(H,16,17);1H4/t2*17-,18+,19?,20?;2*7-,8+,9?,10?;/m0000./s1. The summed E-state index contributed by atoms with van der Waals surface area (Å²) in [6, 6.07) is 16.5. The van der Waals surface area contributed by atoms with Gasteiger partial charge in [-0.3, -0.25) is 38.4 Å². The first-order valence-corrected chi connectivity index (χ1v) is 33.2. The molecule has 8 bridgehead atoms. The number of amides is 4. The number of carboxylic acid groups (broad SMARTS) is 4. The summed E-state index contributed by atoms with van der Waals surface area (Å²) in [6.07, 6.45) is 12.9. The van der Waals surface area contributed by atoms with Crippen LogP contribution in [0.3, 0.4) is 0 Å². The zero-order valence-electron chi connectivity index (χ0n) is 54.8. The fraction of sp³-hybridized carbons (Fsp3) is 0.652. The van der Waals surface area contributed by atoms with Gasteiger partial charge in [-0.2, -0.15) is 0 Å². The Hall–Kier alpha value is -7.04. The Morgan fingerprint density at radius 2 is 0.737 bits per heavy atom. The van der Waals surface area contributed by atoms with Crippen LogP contribution in [0, 0.1) is 47.3 Å². The summed E-state index contributed by atoms with van der Waals surface area (Å²) in [5.74, 6) is -8.00. The molecule has 26 nitrogen and oxygen atoms in total. The number of hydrogen-bond acceptors (Lipinski definition) is 18. The molecule has 0 saturated carbocycles. The topological polar surface area (TPSA) is 334 Å². The molecule has 8 unspecified atom stereocenters.